The van der Waals surface area contributed by atoms with Crippen molar-refractivity contribution in [2.75, 3.05) is 16.8 Å². The highest BCUT2D eigenvalue weighted by molar-refractivity contribution is 7.91. The maximum Gasteiger partial charge on any atom is 0.228 e. The molecule has 0 radical (unpaired) electrons. The predicted octanol–water partition coefficient (Wildman–Crippen LogP) is 2.07. The lowest BCUT2D eigenvalue weighted by Gasteiger charge is -2.12. The van der Waals surface area contributed by atoms with Gasteiger partial charge >= 0.3 is 0 Å². The number of amides is 1. The fourth-order valence-corrected chi connectivity index (χ4v) is 4.13. The normalized spacial score (nSPS) is 21.3. The van der Waals surface area contributed by atoms with E-state index in [9.17, 15) is 18.3 Å². The Hall–Kier alpha value is -0.980. The van der Waals surface area contributed by atoms with Crippen LogP contribution in [0.4, 0.5) is 5.69 Å². The van der Waals surface area contributed by atoms with Crippen molar-refractivity contribution in [1.82, 2.24) is 0 Å². The van der Waals surface area contributed by atoms with Crippen LogP contribution < -0.4 is 5.32 Å². The zero-order valence-corrected chi connectivity index (χ0v) is 12.0. The molecule has 1 aliphatic heterocycles. The number of anilines is 1. The monoisotopic (exact) mass is 323 g/mol. The number of hydrogen-bond donors (Lipinski definition) is 2. The summed E-state index contributed by atoms with van der Waals surface area (Å²) in [7, 11) is -3.13. The van der Waals surface area contributed by atoms with E-state index in [1.54, 1.807) is 0 Å². The van der Waals surface area contributed by atoms with Gasteiger partial charge in [-0.1, -0.05) is 23.2 Å². The van der Waals surface area contributed by atoms with Crippen molar-refractivity contribution in [2.24, 2.45) is 5.92 Å². The second kappa shape index (κ2) is 5.19. The molecule has 1 aliphatic rings. The molecule has 1 heterocycles. The zero-order chi connectivity index (χ0) is 14.2. The average molecular weight is 324 g/mol. The maximum absolute atomic E-state index is 11.9. The van der Waals surface area contributed by atoms with Crippen molar-refractivity contribution in [3.8, 4) is 5.75 Å². The molecule has 1 saturated heterocycles. The summed E-state index contributed by atoms with van der Waals surface area (Å²) >= 11 is 11.5. The molecule has 0 bridgehead atoms. The molecule has 1 fully saturated rings. The van der Waals surface area contributed by atoms with Crippen LogP contribution in [0.3, 0.4) is 0 Å². The number of nitrogens with one attached hydrogen (secondary N) is 1. The number of phenols is 1. The number of hydrogen-bond acceptors (Lipinski definition) is 4. The van der Waals surface area contributed by atoms with E-state index in [-0.39, 0.29) is 39.4 Å². The van der Waals surface area contributed by atoms with Gasteiger partial charge in [0.1, 0.15) is 0 Å². The molecular formula is C11H11Cl2NO4S. The molecule has 0 aliphatic carbocycles. The highest BCUT2D eigenvalue weighted by Crippen LogP contribution is 2.35. The Balaban J connectivity index is 2.16. The number of carbonyl (C=O) groups is 1. The molecule has 8 heteroatoms. The lowest BCUT2D eigenvalue weighted by molar-refractivity contribution is -0.119. The van der Waals surface area contributed by atoms with E-state index < -0.39 is 21.7 Å². The molecule has 1 atom stereocenters. The van der Waals surface area contributed by atoms with Crippen LogP contribution in [-0.2, 0) is 14.6 Å². The van der Waals surface area contributed by atoms with Gasteiger partial charge in [-0.3, -0.25) is 4.79 Å². The lowest BCUT2D eigenvalue weighted by Crippen LogP contribution is -2.23. The first-order valence-electron chi connectivity index (χ1n) is 5.48. The van der Waals surface area contributed by atoms with Crippen LogP contribution in [0.15, 0.2) is 12.1 Å². The smallest absolute Gasteiger partial charge is 0.228 e. The molecule has 0 saturated carbocycles. The fourth-order valence-electron chi connectivity index (χ4n) is 1.90. The van der Waals surface area contributed by atoms with E-state index in [0.29, 0.717) is 0 Å². The zero-order valence-electron chi connectivity index (χ0n) is 9.69. The van der Waals surface area contributed by atoms with Crippen molar-refractivity contribution in [3.63, 3.8) is 0 Å². The van der Waals surface area contributed by atoms with Gasteiger partial charge in [-0.15, -0.1) is 0 Å². The van der Waals surface area contributed by atoms with Crippen molar-refractivity contribution in [1.29, 1.82) is 0 Å². The third-order valence-corrected chi connectivity index (χ3v) is 5.16. The first kappa shape index (κ1) is 14.4. The summed E-state index contributed by atoms with van der Waals surface area (Å²) in [5, 5.41) is 12.4. The van der Waals surface area contributed by atoms with Gasteiger partial charge in [-0.25, -0.2) is 8.42 Å². The lowest BCUT2D eigenvalue weighted by atomic mass is 10.1. The minimum atomic E-state index is -3.13. The summed E-state index contributed by atoms with van der Waals surface area (Å²) in [6, 6.07) is 2.69. The molecule has 1 unspecified atom stereocenters. The number of halogens is 2. The maximum atomic E-state index is 11.9. The van der Waals surface area contributed by atoms with Crippen LogP contribution in [0, 0.1) is 5.92 Å². The molecule has 0 spiro atoms. The van der Waals surface area contributed by atoms with Crippen LogP contribution in [0.1, 0.15) is 6.42 Å². The molecular weight excluding hydrogens is 313 g/mol. The van der Waals surface area contributed by atoms with E-state index >= 15 is 0 Å². The molecule has 0 aromatic heterocycles. The van der Waals surface area contributed by atoms with E-state index in [4.69, 9.17) is 23.2 Å². The number of aromatic hydroxyl groups is 1. The van der Waals surface area contributed by atoms with Crippen LogP contribution >= 0.6 is 23.2 Å². The summed E-state index contributed by atoms with van der Waals surface area (Å²) in [6.45, 7) is 0. The van der Waals surface area contributed by atoms with E-state index in [1.807, 2.05) is 0 Å². The van der Waals surface area contributed by atoms with Gasteiger partial charge < -0.3 is 10.4 Å². The van der Waals surface area contributed by atoms with Crippen molar-refractivity contribution < 1.29 is 18.3 Å². The van der Waals surface area contributed by atoms with Crippen molar-refractivity contribution in [3.05, 3.63) is 22.2 Å². The summed E-state index contributed by atoms with van der Waals surface area (Å²) in [6.07, 6.45) is 0.281. The number of sulfone groups is 1. The summed E-state index contributed by atoms with van der Waals surface area (Å²) in [5.74, 6) is -1.53. The van der Waals surface area contributed by atoms with Crippen molar-refractivity contribution >= 4 is 44.6 Å². The Bertz CT molecular complexity index is 630. The molecule has 1 aromatic rings. The minimum absolute atomic E-state index is 0.00731. The first-order chi connectivity index (χ1) is 8.78. The van der Waals surface area contributed by atoms with Crippen LogP contribution in [-0.4, -0.2) is 30.9 Å². The van der Waals surface area contributed by atoms with Gasteiger partial charge in [-0.05, 0) is 18.6 Å². The molecule has 1 amide bonds. The SMILES string of the molecule is O=C(Nc1cc(Cl)cc(Cl)c1O)C1CCS(=O)(=O)C1. The van der Waals surface area contributed by atoms with Gasteiger partial charge in [0.15, 0.2) is 15.6 Å². The topological polar surface area (TPSA) is 83.5 Å². The molecule has 104 valence electrons. The number of rotatable bonds is 2. The predicted molar refractivity (Wildman–Crippen MR) is 73.5 cm³/mol. The van der Waals surface area contributed by atoms with E-state index in [0.717, 1.165) is 0 Å². The highest BCUT2D eigenvalue weighted by Gasteiger charge is 2.33. The summed E-state index contributed by atoms with van der Waals surface area (Å²) in [4.78, 5) is 11.9. The Labute approximate surface area is 120 Å². The third-order valence-electron chi connectivity index (χ3n) is 2.89. The van der Waals surface area contributed by atoms with E-state index in [2.05, 4.69) is 5.32 Å². The van der Waals surface area contributed by atoms with Crippen molar-refractivity contribution in [2.45, 2.75) is 6.42 Å². The number of benzene rings is 1. The van der Waals surface area contributed by atoms with Crippen LogP contribution in [0.25, 0.3) is 0 Å². The number of phenolic OH excluding ortho intramolecular Hbond substituents is 1. The third kappa shape index (κ3) is 3.32. The minimum Gasteiger partial charge on any atom is -0.504 e. The fraction of sp³-hybridized carbons (Fsp3) is 0.364. The Morgan fingerprint density at radius 3 is 2.63 bits per heavy atom. The van der Waals surface area contributed by atoms with Gasteiger partial charge in [0.2, 0.25) is 5.91 Å². The quantitative estimate of drug-likeness (QED) is 0.816. The molecule has 1 aromatic carbocycles. The van der Waals surface area contributed by atoms with Crippen LogP contribution in [0.5, 0.6) is 5.75 Å². The molecule has 5 nitrogen and oxygen atoms in total. The first-order valence-corrected chi connectivity index (χ1v) is 8.05. The van der Waals surface area contributed by atoms with Gasteiger partial charge in [-0.2, -0.15) is 0 Å². The molecule has 2 N–H and O–H groups in total. The Morgan fingerprint density at radius 2 is 2.05 bits per heavy atom. The second-order valence-corrected chi connectivity index (χ2v) is 7.45. The van der Waals surface area contributed by atoms with Gasteiger partial charge in [0.05, 0.1) is 28.1 Å². The van der Waals surface area contributed by atoms with E-state index in [1.165, 1.54) is 12.1 Å². The second-order valence-electron chi connectivity index (χ2n) is 4.37. The summed E-state index contributed by atoms with van der Waals surface area (Å²) in [5.41, 5.74) is 0.0757. The Kier molecular flexibility index (Phi) is 3.94. The highest BCUT2D eigenvalue weighted by atomic mass is 35.5. The van der Waals surface area contributed by atoms with Crippen LogP contribution in [0.2, 0.25) is 10.0 Å². The number of carbonyl (C=O) groups excluding carboxylic acids is 1. The molecule has 19 heavy (non-hydrogen) atoms. The largest absolute Gasteiger partial charge is 0.504 e. The Morgan fingerprint density at radius 1 is 1.37 bits per heavy atom. The summed E-state index contributed by atoms with van der Waals surface area (Å²) < 4.78 is 22.6. The average Bonchev–Trinajstić information content (AvgIpc) is 2.66. The van der Waals surface area contributed by atoms with Gasteiger partial charge in [0, 0.05) is 5.02 Å². The van der Waals surface area contributed by atoms with Gasteiger partial charge in [0.25, 0.3) is 0 Å². The standard InChI is InChI=1S/C11H11Cl2NO4S/c12-7-3-8(13)10(15)9(4-7)14-11(16)6-1-2-19(17,18)5-6/h3-4,6,15H,1-2,5H2,(H,14,16). The molecule has 2 rings (SSSR count).